The molecule has 1 aromatic rings. The molecule has 0 unspecified atom stereocenters. The average molecular weight is 289 g/mol. The predicted molar refractivity (Wildman–Crippen MR) is 73.0 cm³/mol. The van der Waals surface area contributed by atoms with Crippen molar-refractivity contribution in [3.8, 4) is 0 Å². The van der Waals surface area contributed by atoms with Gasteiger partial charge in [0, 0.05) is 25.0 Å². The Balaban J connectivity index is 1.77. The lowest BCUT2D eigenvalue weighted by Crippen LogP contribution is -2.59. The van der Waals surface area contributed by atoms with Gasteiger partial charge in [-0.3, -0.25) is 4.79 Å². The Labute approximate surface area is 116 Å². The minimum absolute atomic E-state index is 0.00681. The van der Waals surface area contributed by atoms with Crippen molar-refractivity contribution in [2.24, 2.45) is 0 Å². The fourth-order valence-electron chi connectivity index (χ4n) is 1.68. The van der Waals surface area contributed by atoms with Gasteiger partial charge >= 0.3 is 0 Å². The molecule has 2 rings (SSSR count). The van der Waals surface area contributed by atoms with Crippen LogP contribution < -0.4 is 5.32 Å². The molecule has 6 heteroatoms. The molecule has 4 nitrogen and oxygen atoms in total. The van der Waals surface area contributed by atoms with E-state index in [9.17, 15) is 4.79 Å². The average Bonchev–Trinajstić information content (AvgIpc) is 2.69. The van der Waals surface area contributed by atoms with Crippen LogP contribution in [0.5, 0.6) is 0 Å². The fourth-order valence-corrected chi connectivity index (χ4v) is 2.83. The molecular formula is C12H17ClN2O2S. The number of hydrogen-bond donors (Lipinski definition) is 1. The Hall–Kier alpha value is -0.620. The third kappa shape index (κ3) is 3.45. The molecule has 0 aromatic carbocycles. The van der Waals surface area contributed by atoms with Crippen LogP contribution in [0.2, 0.25) is 4.34 Å². The summed E-state index contributed by atoms with van der Waals surface area (Å²) in [6.45, 7) is 4.34. The first-order valence-corrected chi connectivity index (χ1v) is 7.01. The fraction of sp³-hybridized carbons (Fsp3) is 0.583. The molecule has 0 saturated carbocycles. The van der Waals surface area contributed by atoms with Crippen LogP contribution in [-0.4, -0.2) is 43.2 Å². The van der Waals surface area contributed by atoms with E-state index in [0.717, 1.165) is 22.3 Å². The van der Waals surface area contributed by atoms with Crippen molar-refractivity contribution in [3.05, 3.63) is 21.3 Å². The van der Waals surface area contributed by atoms with Gasteiger partial charge in [0.15, 0.2) is 0 Å². The smallest absolute Gasteiger partial charge is 0.248 e. The van der Waals surface area contributed by atoms with Crippen molar-refractivity contribution in [2.45, 2.75) is 19.1 Å². The van der Waals surface area contributed by atoms with Gasteiger partial charge in [-0.1, -0.05) is 11.6 Å². The standard InChI is InChI=1S/C12H17ClN2O2S/c1-12(7-14-8-12)17-6-11(16)15(2)5-9-3-4-10(13)18-9/h3-4,14H,5-8H2,1-2H3. The van der Waals surface area contributed by atoms with Crippen LogP contribution in [0.1, 0.15) is 11.8 Å². The molecule has 0 spiro atoms. The van der Waals surface area contributed by atoms with Crippen LogP contribution in [0.15, 0.2) is 12.1 Å². The van der Waals surface area contributed by atoms with Crippen molar-refractivity contribution in [1.29, 1.82) is 0 Å². The molecule has 1 aliphatic rings. The molecule has 2 heterocycles. The van der Waals surface area contributed by atoms with E-state index in [1.165, 1.54) is 11.3 Å². The van der Waals surface area contributed by atoms with Crippen molar-refractivity contribution < 1.29 is 9.53 Å². The Morgan fingerprint density at radius 2 is 2.33 bits per heavy atom. The number of thiophene rings is 1. The maximum Gasteiger partial charge on any atom is 0.248 e. The number of amides is 1. The molecule has 1 amide bonds. The number of ether oxygens (including phenoxy) is 1. The summed E-state index contributed by atoms with van der Waals surface area (Å²) < 4.78 is 6.36. The van der Waals surface area contributed by atoms with Crippen LogP contribution in [0.3, 0.4) is 0 Å². The second-order valence-electron chi connectivity index (χ2n) is 4.80. The second kappa shape index (κ2) is 5.57. The van der Waals surface area contributed by atoms with E-state index < -0.39 is 0 Å². The van der Waals surface area contributed by atoms with Gasteiger partial charge in [0.2, 0.25) is 5.91 Å². The Kier molecular flexibility index (Phi) is 4.27. The van der Waals surface area contributed by atoms with E-state index in [0.29, 0.717) is 6.54 Å². The van der Waals surface area contributed by atoms with E-state index >= 15 is 0 Å². The summed E-state index contributed by atoms with van der Waals surface area (Å²) in [7, 11) is 1.78. The first-order chi connectivity index (χ1) is 8.48. The van der Waals surface area contributed by atoms with Gasteiger partial charge in [-0.25, -0.2) is 0 Å². The molecule has 100 valence electrons. The van der Waals surface area contributed by atoms with Gasteiger partial charge in [-0.15, -0.1) is 11.3 Å². The van der Waals surface area contributed by atoms with Gasteiger partial charge in [0.1, 0.15) is 6.61 Å². The number of halogens is 1. The highest BCUT2D eigenvalue weighted by Gasteiger charge is 2.33. The number of carbonyl (C=O) groups excluding carboxylic acids is 1. The van der Waals surface area contributed by atoms with E-state index in [-0.39, 0.29) is 18.1 Å². The number of likely N-dealkylation sites (N-methyl/N-ethyl adjacent to an activating group) is 1. The molecule has 1 aromatic heterocycles. The van der Waals surface area contributed by atoms with Crippen molar-refractivity contribution in [1.82, 2.24) is 10.2 Å². The van der Waals surface area contributed by atoms with E-state index in [2.05, 4.69) is 5.32 Å². The molecule has 1 fully saturated rings. The zero-order chi connectivity index (χ0) is 13.2. The molecule has 0 bridgehead atoms. The van der Waals surface area contributed by atoms with Crippen molar-refractivity contribution >= 4 is 28.8 Å². The number of nitrogens with one attached hydrogen (secondary N) is 1. The molecule has 18 heavy (non-hydrogen) atoms. The highest BCUT2D eigenvalue weighted by atomic mass is 35.5. The Morgan fingerprint density at radius 3 is 2.83 bits per heavy atom. The van der Waals surface area contributed by atoms with E-state index in [1.54, 1.807) is 11.9 Å². The quantitative estimate of drug-likeness (QED) is 0.897. The highest BCUT2D eigenvalue weighted by Crippen LogP contribution is 2.22. The minimum Gasteiger partial charge on any atom is -0.363 e. The summed E-state index contributed by atoms with van der Waals surface area (Å²) in [4.78, 5) is 14.6. The normalized spacial score (nSPS) is 17.3. The first-order valence-electron chi connectivity index (χ1n) is 5.81. The van der Waals surface area contributed by atoms with Gasteiger partial charge in [-0.2, -0.15) is 0 Å². The largest absolute Gasteiger partial charge is 0.363 e. The molecule has 1 saturated heterocycles. The lowest BCUT2D eigenvalue weighted by Gasteiger charge is -2.39. The Bertz CT molecular complexity index is 431. The van der Waals surface area contributed by atoms with Crippen LogP contribution in [-0.2, 0) is 16.1 Å². The van der Waals surface area contributed by atoms with Gasteiger partial charge < -0.3 is 15.0 Å². The number of carbonyl (C=O) groups is 1. The van der Waals surface area contributed by atoms with Gasteiger partial charge in [0.25, 0.3) is 0 Å². The van der Waals surface area contributed by atoms with Crippen molar-refractivity contribution in [2.75, 3.05) is 26.7 Å². The maximum atomic E-state index is 11.9. The van der Waals surface area contributed by atoms with Crippen molar-refractivity contribution in [3.63, 3.8) is 0 Å². The molecule has 1 aliphatic heterocycles. The predicted octanol–water partition coefficient (Wildman–Crippen LogP) is 1.74. The second-order valence-corrected chi connectivity index (χ2v) is 6.60. The Morgan fingerprint density at radius 1 is 1.61 bits per heavy atom. The maximum absolute atomic E-state index is 11.9. The summed E-state index contributed by atoms with van der Waals surface area (Å²) in [6, 6.07) is 3.78. The SMILES string of the molecule is CN(Cc1ccc(Cl)s1)C(=O)COC1(C)CNC1. The topological polar surface area (TPSA) is 41.6 Å². The number of hydrogen-bond acceptors (Lipinski definition) is 4. The number of rotatable bonds is 5. The van der Waals surface area contributed by atoms with Crippen LogP contribution in [0.25, 0.3) is 0 Å². The van der Waals surface area contributed by atoms with Crippen LogP contribution >= 0.6 is 22.9 Å². The monoisotopic (exact) mass is 288 g/mol. The molecule has 0 atom stereocenters. The van der Waals surface area contributed by atoms with Gasteiger partial charge in [-0.05, 0) is 19.1 Å². The zero-order valence-electron chi connectivity index (χ0n) is 10.5. The molecule has 0 aliphatic carbocycles. The summed E-state index contributed by atoms with van der Waals surface area (Å²) in [5.41, 5.74) is -0.178. The summed E-state index contributed by atoms with van der Waals surface area (Å²) >= 11 is 7.35. The molecule has 0 radical (unpaired) electrons. The highest BCUT2D eigenvalue weighted by molar-refractivity contribution is 7.16. The first kappa shape index (κ1) is 13.8. The van der Waals surface area contributed by atoms with Crippen LogP contribution in [0, 0.1) is 0 Å². The number of nitrogens with zero attached hydrogens (tertiary/aromatic N) is 1. The summed E-state index contributed by atoms with van der Waals surface area (Å²) in [6.07, 6.45) is 0. The van der Waals surface area contributed by atoms with Crippen LogP contribution in [0.4, 0.5) is 0 Å². The molecule has 1 N–H and O–H groups in total. The third-order valence-electron chi connectivity index (χ3n) is 2.99. The summed E-state index contributed by atoms with van der Waals surface area (Å²) in [5.74, 6) is -0.00681. The zero-order valence-corrected chi connectivity index (χ0v) is 12.1. The molecular weight excluding hydrogens is 272 g/mol. The van der Waals surface area contributed by atoms with E-state index in [1.807, 2.05) is 19.1 Å². The summed E-state index contributed by atoms with van der Waals surface area (Å²) in [5, 5.41) is 3.13. The lowest BCUT2D eigenvalue weighted by atomic mass is 10.0. The van der Waals surface area contributed by atoms with E-state index in [4.69, 9.17) is 16.3 Å². The minimum atomic E-state index is -0.178. The van der Waals surface area contributed by atoms with Gasteiger partial charge in [0.05, 0.1) is 16.5 Å². The third-order valence-corrected chi connectivity index (χ3v) is 4.21. The lowest BCUT2D eigenvalue weighted by molar-refractivity contribution is -0.145.